The first-order valence-corrected chi connectivity index (χ1v) is 7.67. The molecule has 2 aromatic rings. The highest BCUT2D eigenvalue weighted by Crippen LogP contribution is 2.28. The molecule has 0 spiro atoms. The van der Waals surface area contributed by atoms with E-state index in [2.05, 4.69) is 66.4 Å². The molecule has 0 amide bonds. The predicted octanol–water partition coefficient (Wildman–Crippen LogP) is 4.37. The van der Waals surface area contributed by atoms with Crippen molar-refractivity contribution in [3.05, 3.63) is 71.3 Å². The first kappa shape index (κ1) is 13.4. The molecule has 0 saturated carbocycles. The number of nitrogens with zero attached hydrogens (tertiary/aromatic N) is 1. The van der Waals surface area contributed by atoms with Gasteiger partial charge in [0.05, 0.1) is 0 Å². The van der Waals surface area contributed by atoms with E-state index in [0.717, 1.165) is 6.42 Å². The summed E-state index contributed by atoms with van der Waals surface area (Å²) < 4.78 is 0. The van der Waals surface area contributed by atoms with Gasteiger partial charge in [-0.3, -0.25) is 4.90 Å². The minimum absolute atomic E-state index is 0.529. The summed E-state index contributed by atoms with van der Waals surface area (Å²) in [4.78, 5) is 2.65. The second-order valence-corrected chi connectivity index (χ2v) is 5.86. The number of likely N-dealkylation sites (tertiary alicyclic amines) is 1. The summed E-state index contributed by atoms with van der Waals surface area (Å²) in [7, 11) is 0. The van der Waals surface area contributed by atoms with Gasteiger partial charge in [-0.15, -0.1) is 0 Å². The lowest BCUT2D eigenvalue weighted by Gasteiger charge is -2.28. The van der Waals surface area contributed by atoms with Crippen LogP contribution in [0.1, 0.15) is 35.6 Å². The van der Waals surface area contributed by atoms with Gasteiger partial charge in [-0.25, -0.2) is 0 Å². The van der Waals surface area contributed by atoms with Crippen LogP contribution in [0.5, 0.6) is 0 Å². The molecule has 1 unspecified atom stereocenters. The third-order valence-electron chi connectivity index (χ3n) is 4.32. The van der Waals surface area contributed by atoms with Crippen LogP contribution in [0.15, 0.2) is 54.6 Å². The van der Waals surface area contributed by atoms with E-state index in [4.69, 9.17) is 0 Å². The van der Waals surface area contributed by atoms with E-state index in [1.165, 1.54) is 42.6 Å². The molecule has 1 nitrogen and oxygen atoms in total. The Bertz CT molecular complexity index is 523. The molecule has 104 valence electrons. The minimum atomic E-state index is 0.529. The van der Waals surface area contributed by atoms with Gasteiger partial charge < -0.3 is 0 Å². The Morgan fingerprint density at radius 3 is 2.20 bits per heavy atom. The second-order valence-electron chi connectivity index (χ2n) is 5.86. The maximum Gasteiger partial charge on any atom is 0.0388 e. The molecule has 1 aliphatic rings. The normalized spacial score (nSPS) is 17.2. The van der Waals surface area contributed by atoms with Crippen LogP contribution in [0.4, 0.5) is 0 Å². The quantitative estimate of drug-likeness (QED) is 0.793. The number of aryl methyl sites for hydroxylation is 1. The van der Waals surface area contributed by atoms with Crippen LogP contribution in [-0.4, -0.2) is 18.0 Å². The zero-order chi connectivity index (χ0) is 13.8. The van der Waals surface area contributed by atoms with Crippen LogP contribution < -0.4 is 0 Å². The Morgan fingerprint density at radius 2 is 1.55 bits per heavy atom. The summed E-state index contributed by atoms with van der Waals surface area (Å²) in [6.45, 7) is 4.63. The van der Waals surface area contributed by atoms with Crippen molar-refractivity contribution in [1.29, 1.82) is 0 Å². The number of hydrogen-bond acceptors (Lipinski definition) is 1. The molecule has 1 heterocycles. The molecule has 0 bridgehead atoms. The molecule has 1 saturated heterocycles. The van der Waals surface area contributed by atoms with Gasteiger partial charge >= 0.3 is 0 Å². The van der Waals surface area contributed by atoms with Gasteiger partial charge in [0.2, 0.25) is 0 Å². The van der Waals surface area contributed by atoms with E-state index < -0.39 is 0 Å². The topological polar surface area (TPSA) is 3.24 Å². The van der Waals surface area contributed by atoms with Gasteiger partial charge in [0.1, 0.15) is 0 Å². The molecule has 0 aliphatic carbocycles. The van der Waals surface area contributed by atoms with Crippen molar-refractivity contribution >= 4 is 0 Å². The van der Waals surface area contributed by atoms with Crippen molar-refractivity contribution in [3.8, 4) is 0 Å². The molecule has 1 fully saturated rings. The molecular formula is C19H23N. The molecular weight excluding hydrogens is 242 g/mol. The molecule has 20 heavy (non-hydrogen) atoms. The predicted molar refractivity (Wildman–Crippen MR) is 84.9 cm³/mol. The van der Waals surface area contributed by atoms with Crippen LogP contribution in [0.3, 0.4) is 0 Å². The van der Waals surface area contributed by atoms with Crippen molar-refractivity contribution in [1.82, 2.24) is 4.90 Å². The summed E-state index contributed by atoms with van der Waals surface area (Å²) >= 11 is 0. The fourth-order valence-electron chi connectivity index (χ4n) is 3.13. The largest absolute Gasteiger partial charge is 0.296 e. The molecule has 3 rings (SSSR count). The third kappa shape index (κ3) is 3.10. The highest BCUT2D eigenvalue weighted by molar-refractivity contribution is 5.26. The lowest BCUT2D eigenvalue weighted by molar-refractivity contribution is 0.244. The van der Waals surface area contributed by atoms with E-state index in [-0.39, 0.29) is 0 Å². The highest BCUT2D eigenvalue weighted by Gasteiger charge is 2.23. The molecule has 1 heteroatoms. The molecule has 1 atom stereocenters. The fraction of sp³-hybridized carbons (Fsp3) is 0.368. The summed E-state index contributed by atoms with van der Waals surface area (Å²) in [6, 6.07) is 20.5. The Morgan fingerprint density at radius 1 is 0.900 bits per heavy atom. The van der Waals surface area contributed by atoms with Crippen LogP contribution in [-0.2, 0) is 6.42 Å². The van der Waals surface area contributed by atoms with Gasteiger partial charge in [-0.2, -0.15) is 0 Å². The summed E-state index contributed by atoms with van der Waals surface area (Å²) in [5, 5.41) is 0. The van der Waals surface area contributed by atoms with Gasteiger partial charge in [-0.05, 0) is 50.4 Å². The van der Waals surface area contributed by atoms with Crippen molar-refractivity contribution in [3.63, 3.8) is 0 Å². The Balaban J connectivity index is 1.83. The average molecular weight is 265 g/mol. The number of benzene rings is 2. The summed E-state index contributed by atoms with van der Waals surface area (Å²) in [6.07, 6.45) is 3.80. The van der Waals surface area contributed by atoms with Crippen LogP contribution in [0, 0.1) is 6.92 Å². The van der Waals surface area contributed by atoms with Crippen LogP contribution in [0.25, 0.3) is 0 Å². The maximum atomic E-state index is 2.65. The first-order chi connectivity index (χ1) is 9.83. The summed E-state index contributed by atoms with van der Waals surface area (Å²) in [5.74, 6) is 0. The van der Waals surface area contributed by atoms with Gasteiger partial charge in [-0.1, -0.05) is 60.2 Å². The number of hydrogen-bond donors (Lipinski definition) is 0. The Hall–Kier alpha value is -1.60. The highest BCUT2D eigenvalue weighted by atomic mass is 15.2. The molecule has 0 aromatic heterocycles. The summed E-state index contributed by atoms with van der Waals surface area (Å²) in [5.41, 5.74) is 4.23. The van der Waals surface area contributed by atoms with Crippen LogP contribution >= 0.6 is 0 Å². The molecule has 0 N–H and O–H groups in total. The average Bonchev–Trinajstić information content (AvgIpc) is 3.01. The zero-order valence-electron chi connectivity index (χ0n) is 12.3. The van der Waals surface area contributed by atoms with Gasteiger partial charge in [0.15, 0.2) is 0 Å². The standard InChI is InChI=1S/C19H23N/c1-16-9-11-17(12-10-16)15-19(20-13-5-6-14-20)18-7-3-2-4-8-18/h2-4,7-12,19H,5-6,13-15H2,1H3. The van der Waals surface area contributed by atoms with Gasteiger partial charge in [0, 0.05) is 6.04 Å². The maximum absolute atomic E-state index is 2.65. The van der Waals surface area contributed by atoms with Crippen molar-refractivity contribution in [2.75, 3.05) is 13.1 Å². The second kappa shape index (κ2) is 6.23. The fourth-order valence-corrected chi connectivity index (χ4v) is 3.13. The first-order valence-electron chi connectivity index (χ1n) is 7.67. The molecule has 0 radical (unpaired) electrons. The van der Waals surface area contributed by atoms with E-state index in [9.17, 15) is 0 Å². The SMILES string of the molecule is Cc1ccc(CC(c2ccccc2)N2CCCC2)cc1. The van der Waals surface area contributed by atoms with E-state index in [1.54, 1.807) is 0 Å². The Labute approximate surface area is 122 Å². The third-order valence-corrected chi connectivity index (χ3v) is 4.32. The van der Waals surface area contributed by atoms with E-state index in [0.29, 0.717) is 6.04 Å². The number of rotatable bonds is 4. The van der Waals surface area contributed by atoms with Crippen molar-refractivity contribution in [2.24, 2.45) is 0 Å². The van der Waals surface area contributed by atoms with E-state index in [1.807, 2.05) is 0 Å². The van der Waals surface area contributed by atoms with Crippen LogP contribution in [0.2, 0.25) is 0 Å². The Kier molecular flexibility index (Phi) is 4.17. The molecule has 1 aliphatic heterocycles. The molecule has 2 aromatic carbocycles. The van der Waals surface area contributed by atoms with Crippen molar-refractivity contribution < 1.29 is 0 Å². The zero-order valence-corrected chi connectivity index (χ0v) is 12.3. The van der Waals surface area contributed by atoms with Crippen molar-refractivity contribution in [2.45, 2.75) is 32.2 Å². The monoisotopic (exact) mass is 265 g/mol. The lowest BCUT2D eigenvalue weighted by Crippen LogP contribution is -2.27. The van der Waals surface area contributed by atoms with Gasteiger partial charge in [0.25, 0.3) is 0 Å². The minimum Gasteiger partial charge on any atom is -0.296 e. The lowest BCUT2D eigenvalue weighted by atomic mass is 9.97. The smallest absolute Gasteiger partial charge is 0.0388 e. The van der Waals surface area contributed by atoms with E-state index >= 15 is 0 Å².